The van der Waals surface area contributed by atoms with E-state index in [4.69, 9.17) is 16.3 Å². The van der Waals surface area contributed by atoms with Crippen molar-refractivity contribution >= 4 is 35.0 Å². The summed E-state index contributed by atoms with van der Waals surface area (Å²) in [7, 11) is 1.59. The number of hydrogen-bond donors (Lipinski definition) is 3. The third kappa shape index (κ3) is 5.17. The van der Waals surface area contributed by atoms with Gasteiger partial charge in [-0.25, -0.2) is 9.37 Å². The maximum absolute atomic E-state index is 13.2. The van der Waals surface area contributed by atoms with Crippen LogP contribution in [0.4, 0.5) is 10.1 Å². The summed E-state index contributed by atoms with van der Waals surface area (Å²) in [6.07, 6.45) is 3.72. The van der Waals surface area contributed by atoms with Crippen molar-refractivity contribution in [3.05, 3.63) is 46.8 Å². The minimum absolute atomic E-state index is 0.0108. The van der Waals surface area contributed by atoms with E-state index >= 15 is 0 Å². The van der Waals surface area contributed by atoms with Gasteiger partial charge in [-0.1, -0.05) is 11.6 Å². The van der Waals surface area contributed by atoms with Crippen LogP contribution in [-0.4, -0.2) is 64.9 Å². The molecule has 1 saturated heterocycles. The second kappa shape index (κ2) is 9.88. The standard InChI is InChI=1S/C22H25ClFN5O4/c1-33-15-9-29(10-15)22(32)19-18(25-11-26-19)21(31)27-14-5-2-12(3-6-14)20(30)28-17-7-4-13(24)8-16(17)23/h4,7-8,11-12,14-15H,2-3,5-6,9-10H2,1H3,(H,25,26)(H,27,31)(H,28,30)/t12-,14-. The first-order chi connectivity index (χ1) is 15.9. The Morgan fingerprint density at radius 1 is 1.21 bits per heavy atom. The first-order valence-corrected chi connectivity index (χ1v) is 11.2. The Bertz CT molecular complexity index is 1050. The molecule has 1 aromatic heterocycles. The lowest BCUT2D eigenvalue weighted by Crippen LogP contribution is -2.54. The number of aromatic nitrogens is 2. The highest BCUT2D eigenvalue weighted by atomic mass is 35.5. The van der Waals surface area contributed by atoms with E-state index in [9.17, 15) is 18.8 Å². The number of anilines is 1. The molecular formula is C22H25ClFN5O4. The van der Waals surface area contributed by atoms with Crippen molar-refractivity contribution in [2.24, 2.45) is 5.92 Å². The normalized spacial score (nSPS) is 20.8. The first kappa shape index (κ1) is 23.2. The molecule has 3 N–H and O–H groups in total. The van der Waals surface area contributed by atoms with Crippen LogP contribution in [-0.2, 0) is 9.53 Å². The van der Waals surface area contributed by atoms with Gasteiger partial charge in [0.1, 0.15) is 11.5 Å². The number of imidazole rings is 1. The summed E-state index contributed by atoms with van der Waals surface area (Å²) < 4.78 is 18.4. The SMILES string of the molecule is COC1CN(C(=O)c2nc[nH]c2C(=O)N[C@H]2CC[C@H](C(=O)Nc3ccc(F)cc3Cl)CC2)C1. The molecule has 1 aliphatic heterocycles. The lowest BCUT2D eigenvalue weighted by Gasteiger charge is -2.37. The van der Waals surface area contributed by atoms with E-state index in [1.165, 1.54) is 18.5 Å². The van der Waals surface area contributed by atoms with E-state index in [1.807, 2.05) is 0 Å². The number of benzene rings is 1. The number of hydrogen-bond acceptors (Lipinski definition) is 5. The van der Waals surface area contributed by atoms with Crippen LogP contribution in [0.15, 0.2) is 24.5 Å². The molecule has 33 heavy (non-hydrogen) atoms. The Balaban J connectivity index is 1.28. The molecule has 0 spiro atoms. The zero-order valence-corrected chi connectivity index (χ0v) is 18.8. The minimum atomic E-state index is -0.472. The molecule has 3 amide bonds. The maximum atomic E-state index is 13.2. The molecule has 0 radical (unpaired) electrons. The summed E-state index contributed by atoms with van der Waals surface area (Å²) >= 11 is 5.98. The average Bonchev–Trinajstić information content (AvgIpc) is 3.25. The molecule has 0 bridgehead atoms. The van der Waals surface area contributed by atoms with E-state index in [1.54, 1.807) is 12.0 Å². The molecule has 1 aliphatic carbocycles. The molecule has 2 heterocycles. The number of nitrogens with zero attached hydrogens (tertiary/aromatic N) is 2. The predicted octanol–water partition coefficient (Wildman–Crippen LogP) is 2.60. The van der Waals surface area contributed by atoms with Crippen LogP contribution in [0.2, 0.25) is 5.02 Å². The molecule has 11 heteroatoms. The summed E-state index contributed by atoms with van der Waals surface area (Å²) in [5.74, 6) is -1.59. The fourth-order valence-corrected chi connectivity index (χ4v) is 4.33. The van der Waals surface area contributed by atoms with Crippen molar-refractivity contribution in [1.82, 2.24) is 20.2 Å². The molecule has 1 aromatic carbocycles. The first-order valence-electron chi connectivity index (χ1n) is 10.8. The second-order valence-electron chi connectivity index (χ2n) is 8.33. The van der Waals surface area contributed by atoms with Gasteiger partial charge in [0.2, 0.25) is 5.91 Å². The topological polar surface area (TPSA) is 116 Å². The molecule has 1 saturated carbocycles. The van der Waals surface area contributed by atoms with Crippen molar-refractivity contribution in [3.63, 3.8) is 0 Å². The van der Waals surface area contributed by atoms with Gasteiger partial charge in [0.25, 0.3) is 11.8 Å². The number of aromatic amines is 1. The molecule has 0 unspecified atom stereocenters. The summed E-state index contributed by atoms with van der Waals surface area (Å²) in [4.78, 5) is 46.3. The summed E-state index contributed by atoms with van der Waals surface area (Å²) in [5, 5.41) is 5.82. The highest BCUT2D eigenvalue weighted by molar-refractivity contribution is 6.33. The Labute approximate surface area is 195 Å². The van der Waals surface area contributed by atoms with Gasteiger partial charge in [-0.05, 0) is 43.9 Å². The van der Waals surface area contributed by atoms with Crippen molar-refractivity contribution in [2.75, 3.05) is 25.5 Å². The smallest absolute Gasteiger partial charge is 0.275 e. The van der Waals surface area contributed by atoms with Gasteiger partial charge in [-0.15, -0.1) is 0 Å². The van der Waals surface area contributed by atoms with Crippen LogP contribution in [0.3, 0.4) is 0 Å². The van der Waals surface area contributed by atoms with E-state index in [0.717, 1.165) is 6.07 Å². The second-order valence-corrected chi connectivity index (χ2v) is 8.74. The minimum Gasteiger partial charge on any atom is -0.378 e. The average molecular weight is 478 g/mol. The van der Waals surface area contributed by atoms with Gasteiger partial charge in [0, 0.05) is 32.2 Å². The van der Waals surface area contributed by atoms with Crippen LogP contribution >= 0.6 is 11.6 Å². The number of amides is 3. The van der Waals surface area contributed by atoms with Gasteiger partial charge in [0.05, 0.1) is 23.1 Å². The maximum Gasteiger partial charge on any atom is 0.275 e. The van der Waals surface area contributed by atoms with E-state index in [2.05, 4.69) is 20.6 Å². The summed E-state index contributed by atoms with van der Waals surface area (Å²) in [6.45, 7) is 0.941. The number of ether oxygens (including phenoxy) is 1. The number of H-pyrrole nitrogens is 1. The summed E-state index contributed by atoms with van der Waals surface area (Å²) in [5.41, 5.74) is 0.590. The van der Waals surface area contributed by atoms with Crippen molar-refractivity contribution in [1.29, 1.82) is 0 Å². The van der Waals surface area contributed by atoms with Gasteiger partial charge in [-0.2, -0.15) is 0 Å². The lowest BCUT2D eigenvalue weighted by atomic mass is 9.85. The Morgan fingerprint density at radius 2 is 1.94 bits per heavy atom. The number of likely N-dealkylation sites (tertiary alicyclic amines) is 1. The van der Waals surface area contributed by atoms with Gasteiger partial charge in [0.15, 0.2) is 5.69 Å². The number of carbonyl (C=O) groups excluding carboxylic acids is 3. The predicted molar refractivity (Wildman–Crippen MR) is 119 cm³/mol. The van der Waals surface area contributed by atoms with Crippen molar-refractivity contribution < 1.29 is 23.5 Å². The quantitative estimate of drug-likeness (QED) is 0.591. The van der Waals surface area contributed by atoms with Gasteiger partial charge in [-0.3, -0.25) is 14.4 Å². The lowest BCUT2D eigenvalue weighted by molar-refractivity contribution is -0.120. The summed E-state index contributed by atoms with van der Waals surface area (Å²) in [6, 6.07) is 3.69. The zero-order valence-electron chi connectivity index (χ0n) is 18.1. The van der Waals surface area contributed by atoms with E-state index < -0.39 is 11.7 Å². The third-order valence-corrected chi connectivity index (χ3v) is 6.47. The largest absolute Gasteiger partial charge is 0.378 e. The molecule has 2 aliphatic rings. The fraction of sp³-hybridized carbons (Fsp3) is 0.455. The van der Waals surface area contributed by atoms with Gasteiger partial charge >= 0.3 is 0 Å². The zero-order chi connectivity index (χ0) is 23.5. The molecule has 4 rings (SSSR count). The molecule has 2 aromatic rings. The fourth-order valence-electron chi connectivity index (χ4n) is 4.12. The Hall–Kier alpha value is -2.98. The van der Waals surface area contributed by atoms with Crippen LogP contribution in [0, 0.1) is 11.7 Å². The highest BCUT2D eigenvalue weighted by Gasteiger charge is 2.35. The number of methoxy groups -OCH3 is 1. The Morgan fingerprint density at radius 3 is 2.61 bits per heavy atom. The number of halogens is 2. The van der Waals surface area contributed by atoms with E-state index in [-0.39, 0.29) is 46.3 Å². The van der Waals surface area contributed by atoms with Gasteiger partial charge < -0.3 is 25.3 Å². The molecular weight excluding hydrogens is 453 g/mol. The molecule has 9 nitrogen and oxygen atoms in total. The molecule has 0 atom stereocenters. The molecule has 176 valence electrons. The molecule has 2 fully saturated rings. The van der Waals surface area contributed by atoms with Crippen LogP contribution in [0.25, 0.3) is 0 Å². The van der Waals surface area contributed by atoms with Crippen LogP contribution in [0.1, 0.15) is 46.7 Å². The highest BCUT2D eigenvalue weighted by Crippen LogP contribution is 2.28. The van der Waals surface area contributed by atoms with E-state index in [0.29, 0.717) is 44.5 Å². The number of carbonyl (C=O) groups is 3. The van der Waals surface area contributed by atoms with Crippen molar-refractivity contribution in [3.8, 4) is 0 Å². The number of rotatable bonds is 6. The van der Waals surface area contributed by atoms with Crippen molar-refractivity contribution in [2.45, 2.75) is 37.8 Å². The van der Waals surface area contributed by atoms with Crippen LogP contribution < -0.4 is 10.6 Å². The monoisotopic (exact) mass is 477 g/mol. The number of nitrogens with one attached hydrogen (secondary N) is 3. The van der Waals surface area contributed by atoms with Crippen LogP contribution in [0.5, 0.6) is 0 Å². The Kier molecular flexibility index (Phi) is 6.94. The third-order valence-electron chi connectivity index (χ3n) is 6.16.